The molecule has 12 heteroatoms. The Morgan fingerprint density at radius 2 is 1.81 bits per heavy atom. The van der Waals surface area contributed by atoms with Gasteiger partial charge >= 0.3 is 5.97 Å². The number of nitrogens with one attached hydrogen (secondary N) is 1. The summed E-state index contributed by atoms with van der Waals surface area (Å²) in [4.78, 5) is 20.4. The van der Waals surface area contributed by atoms with Crippen molar-refractivity contribution in [2.24, 2.45) is 0 Å². The number of aromatic nitrogens is 2. The molecule has 246 valence electrons. The summed E-state index contributed by atoms with van der Waals surface area (Å²) in [5.74, 6) is 0.337. The van der Waals surface area contributed by atoms with Crippen LogP contribution in [-0.4, -0.2) is 50.2 Å². The summed E-state index contributed by atoms with van der Waals surface area (Å²) in [6, 6.07) is 15.0. The number of hydrogen-bond acceptors (Lipinski definition) is 9. The normalized spacial score (nSPS) is 12.2. The van der Waals surface area contributed by atoms with Gasteiger partial charge < -0.3 is 24.4 Å². The highest BCUT2D eigenvalue weighted by atomic mass is 79.9. The Bertz CT molecular complexity index is 1770. The van der Waals surface area contributed by atoms with Crippen LogP contribution >= 0.6 is 27.5 Å². The minimum absolute atomic E-state index is 0.0239. The van der Waals surface area contributed by atoms with Crippen LogP contribution in [0, 0.1) is 25.2 Å². The third kappa shape index (κ3) is 8.99. The number of aliphatic hydroxyl groups excluding tert-OH is 1. The van der Waals surface area contributed by atoms with Crippen LogP contribution < -0.4 is 19.5 Å². The van der Waals surface area contributed by atoms with Crippen LogP contribution in [0.3, 0.4) is 0 Å². The van der Waals surface area contributed by atoms with Crippen molar-refractivity contribution in [2.75, 3.05) is 18.5 Å². The fraction of sp³-hybridized carbons (Fsp3) is 0.314. The van der Waals surface area contributed by atoms with Crippen molar-refractivity contribution in [2.45, 2.75) is 52.5 Å². The number of pyridine rings is 2. The average molecular weight is 724 g/mol. The van der Waals surface area contributed by atoms with Crippen LogP contribution in [0.5, 0.6) is 17.2 Å². The first-order valence-electron chi connectivity index (χ1n) is 14.8. The van der Waals surface area contributed by atoms with Crippen LogP contribution in [0.15, 0.2) is 61.1 Å². The van der Waals surface area contributed by atoms with Gasteiger partial charge in [-0.25, -0.2) is 0 Å². The first-order chi connectivity index (χ1) is 22.6. The summed E-state index contributed by atoms with van der Waals surface area (Å²) in [5.41, 5.74) is 4.76. The highest BCUT2D eigenvalue weighted by Crippen LogP contribution is 2.36. The Morgan fingerprint density at radius 1 is 1.04 bits per heavy atom. The number of carboxylic acids is 1. The van der Waals surface area contributed by atoms with Crippen LogP contribution in [0.25, 0.3) is 11.1 Å². The second-order valence-electron chi connectivity index (χ2n) is 11.1. The first-order valence-corrected chi connectivity index (χ1v) is 16.3. The largest absolute Gasteiger partial charge is 0.493 e. The maximum absolute atomic E-state index is 11.8. The van der Waals surface area contributed by atoms with Crippen LogP contribution in [0.4, 0.5) is 0 Å². The number of carboxylic acid groups (broad SMARTS) is 1. The van der Waals surface area contributed by atoms with Gasteiger partial charge in [-0.2, -0.15) is 5.26 Å². The smallest absolute Gasteiger partial charge is 0.326 e. The summed E-state index contributed by atoms with van der Waals surface area (Å²) in [7, 11) is 0. The van der Waals surface area contributed by atoms with Crippen LogP contribution in [0.1, 0.15) is 46.9 Å². The van der Waals surface area contributed by atoms with Gasteiger partial charge in [0.15, 0.2) is 0 Å². The zero-order chi connectivity index (χ0) is 34.0. The number of benzene rings is 2. The van der Waals surface area contributed by atoms with Gasteiger partial charge in [-0.1, -0.05) is 39.7 Å². The van der Waals surface area contributed by atoms with Gasteiger partial charge in [-0.15, -0.1) is 0 Å². The Labute approximate surface area is 287 Å². The lowest BCUT2D eigenvalue weighted by molar-refractivity contribution is -0.145. The van der Waals surface area contributed by atoms with E-state index in [2.05, 4.69) is 43.4 Å². The van der Waals surface area contributed by atoms with E-state index in [0.29, 0.717) is 34.8 Å². The zero-order valence-corrected chi connectivity index (χ0v) is 28.7. The highest BCUT2D eigenvalue weighted by Gasteiger charge is 2.32. The first kappa shape index (κ1) is 35.6. The molecule has 0 bridgehead atoms. The molecule has 3 N–H and O–H groups in total. The molecule has 0 aliphatic rings. The standard InChI is InChI=1S/C35H36BrClN4O6/c1-22-28(27-6-4-7-31(23(27)2)45-11-5-9-36)8-10-40-30(22)20-47-33-14-32(46-19-25-12-24(15-38)16-39-17-25)26(13-29(33)37)18-41-35(3,21-42)34(43)44/h4,6-8,10,12-14,16-17,41-42H,5,9,11,18-21H2,1-3H3,(H,43,44). The molecule has 47 heavy (non-hydrogen) atoms. The number of carbonyl (C=O) groups is 1. The minimum Gasteiger partial charge on any atom is -0.493 e. The van der Waals surface area contributed by atoms with Gasteiger partial charge in [-0.3, -0.25) is 20.1 Å². The molecule has 0 fully saturated rings. The van der Waals surface area contributed by atoms with Crippen molar-refractivity contribution in [1.29, 1.82) is 5.26 Å². The number of halogens is 2. The maximum atomic E-state index is 11.8. The molecule has 4 aromatic rings. The monoisotopic (exact) mass is 722 g/mol. The molecular weight excluding hydrogens is 688 g/mol. The van der Waals surface area contributed by atoms with Gasteiger partial charge in [0.05, 0.1) is 29.5 Å². The molecule has 0 aliphatic heterocycles. The quantitative estimate of drug-likeness (QED) is 0.0861. The fourth-order valence-electron chi connectivity index (χ4n) is 4.70. The number of nitriles is 1. The summed E-state index contributed by atoms with van der Waals surface area (Å²) in [5, 5.41) is 32.6. The fourth-order valence-corrected chi connectivity index (χ4v) is 5.17. The van der Waals surface area contributed by atoms with Crippen LogP contribution in [-0.2, 0) is 24.6 Å². The number of rotatable bonds is 16. The summed E-state index contributed by atoms with van der Waals surface area (Å²) in [6.07, 6.45) is 5.70. The Hall–Kier alpha value is -4.21. The second-order valence-corrected chi connectivity index (χ2v) is 12.3. The maximum Gasteiger partial charge on any atom is 0.326 e. The molecule has 0 radical (unpaired) electrons. The van der Waals surface area contributed by atoms with Gasteiger partial charge in [-0.05, 0) is 73.7 Å². The van der Waals surface area contributed by atoms with Crippen molar-refractivity contribution in [3.63, 3.8) is 0 Å². The van der Waals surface area contributed by atoms with Gasteiger partial charge in [0.25, 0.3) is 0 Å². The van der Waals surface area contributed by atoms with Crippen molar-refractivity contribution < 1.29 is 29.2 Å². The molecule has 4 rings (SSSR count). The minimum atomic E-state index is -1.59. The predicted octanol–water partition coefficient (Wildman–Crippen LogP) is 6.53. The Balaban J connectivity index is 1.60. The summed E-state index contributed by atoms with van der Waals surface area (Å²) < 4.78 is 18.3. The lowest BCUT2D eigenvalue weighted by Crippen LogP contribution is -2.52. The molecule has 0 amide bonds. The topological polar surface area (TPSA) is 147 Å². The Morgan fingerprint density at radius 3 is 2.53 bits per heavy atom. The average Bonchev–Trinajstić information content (AvgIpc) is 3.07. The molecular formula is C35H36BrClN4O6. The van der Waals surface area contributed by atoms with Gasteiger partial charge in [0.2, 0.25) is 0 Å². The highest BCUT2D eigenvalue weighted by molar-refractivity contribution is 9.09. The lowest BCUT2D eigenvalue weighted by Gasteiger charge is -2.25. The van der Waals surface area contributed by atoms with E-state index < -0.39 is 18.1 Å². The number of nitrogens with zero attached hydrogens (tertiary/aromatic N) is 3. The summed E-state index contributed by atoms with van der Waals surface area (Å²) >= 11 is 10.1. The number of alkyl halides is 1. The van der Waals surface area contributed by atoms with E-state index in [0.717, 1.165) is 45.4 Å². The molecule has 0 saturated heterocycles. The van der Waals surface area contributed by atoms with Crippen molar-refractivity contribution >= 4 is 33.5 Å². The molecule has 0 aliphatic carbocycles. The zero-order valence-electron chi connectivity index (χ0n) is 26.3. The summed E-state index contributed by atoms with van der Waals surface area (Å²) in [6.45, 7) is 5.63. The van der Waals surface area contributed by atoms with E-state index in [-0.39, 0.29) is 24.8 Å². The Kier molecular flexibility index (Phi) is 12.6. The molecule has 0 spiro atoms. The van der Waals surface area contributed by atoms with Crippen molar-refractivity contribution in [3.8, 4) is 34.4 Å². The number of aliphatic carboxylic acids is 1. The molecule has 2 aromatic carbocycles. The van der Waals surface area contributed by atoms with E-state index in [4.69, 9.17) is 25.8 Å². The number of ether oxygens (including phenoxy) is 3. The number of aliphatic hydroxyl groups is 1. The van der Waals surface area contributed by atoms with E-state index in [1.165, 1.54) is 13.1 Å². The molecule has 2 heterocycles. The molecule has 0 saturated carbocycles. The van der Waals surface area contributed by atoms with Crippen LogP contribution in [0.2, 0.25) is 5.02 Å². The third-order valence-corrected chi connectivity index (χ3v) is 8.53. The van der Waals surface area contributed by atoms with Crippen molar-refractivity contribution in [1.82, 2.24) is 15.3 Å². The third-order valence-electron chi connectivity index (χ3n) is 7.67. The van der Waals surface area contributed by atoms with E-state index >= 15 is 0 Å². The number of hydrogen-bond donors (Lipinski definition) is 3. The van der Waals surface area contributed by atoms with Gasteiger partial charge in [0.1, 0.15) is 42.1 Å². The predicted molar refractivity (Wildman–Crippen MR) is 182 cm³/mol. The van der Waals surface area contributed by atoms with E-state index in [9.17, 15) is 20.3 Å². The lowest BCUT2D eigenvalue weighted by atomic mass is 9.96. The molecule has 1 unspecified atom stereocenters. The van der Waals surface area contributed by atoms with Gasteiger partial charge in [0, 0.05) is 47.7 Å². The van der Waals surface area contributed by atoms with E-state index in [1.54, 1.807) is 30.6 Å². The SMILES string of the molecule is Cc1c(OCCCBr)cccc1-c1ccnc(COc2cc(OCc3cncc(C#N)c3)c(CNC(C)(CO)C(=O)O)cc2Cl)c1C. The van der Waals surface area contributed by atoms with Crippen molar-refractivity contribution in [3.05, 3.63) is 99.6 Å². The second kappa shape index (κ2) is 16.6. The van der Waals surface area contributed by atoms with E-state index in [1.807, 2.05) is 32.0 Å². The molecule has 2 aromatic heterocycles. The molecule has 10 nitrogen and oxygen atoms in total. The molecule has 1 atom stereocenters.